The number of benzene rings is 3. The van der Waals surface area contributed by atoms with E-state index in [2.05, 4.69) is 67.5 Å². The highest BCUT2D eigenvalue weighted by atomic mass is 16.5. The van der Waals surface area contributed by atoms with Gasteiger partial charge in [-0.05, 0) is 104 Å². The number of allylic oxidation sites excluding steroid dienone is 2. The van der Waals surface area contributed by atoms with Crippen LogP contribution in [0.3, 0.4) is 0 Å². The second-order valence-electron chi connectivity index (χ2n) is 17.2. The van der Waals surface area contributed by atoms with Crippen LogP contribution in [0, 0.1) is 0 Å². The van der Waals surface area contributed by atoms with Crippen molar-refractivity contribution < 1.29 is 33.3 Å². The van der Waals surface area contributed by atoms with E-state index in [0.717, 1.165) is 97.6 Å². The number of fused-ring (bicyclic) bond motifs is 1. The molecular formula is C50H70N3O6+. The number of rotatable bonds is 26. The van der Waals surface area contributed by atoms with Gasteiger partial charge in [0, 0.05) is 35.4 Å². The van der Waals surface area contributed by atoms with Crippen LogP contribution in [0.1, 0.15) is 116 Å². The molecule has 0 radical (unpaired) electrons. The zero-order chi connectivity index (χ0) is 41.8. The summed E-state index contributed by atoms with van der Waals surface area (Å²) in [7, 11) is 1.68. The number of anilines is 2. The van der Waals surface area contributed by atoms with E-state index < -0.39 is 5.97 Å². The maximum absolute atomic E-state index is 10.6. The minimum Gasteiger partial charge on any atom is -0.493 e. The predicted octanol–water partition coefficient (Wildman–Crippen LogP) is 12.4. The summed E-state index contributed by atoms with van der Waals surface area (Å²) in [5, 5.41) is 13.1. The summed E-state index contributed by atoms with van der Waals surface area (Å²) >= 11 is 0. The Morgan fingerprint density at radius 3 is 2.00 bits per heavy atom. The highest BCUT2D eigenvalue weighted by Crippen LogP contribution is 2.37. The molecule has 0 aliphatic carbocycles. The molecule has 0 atom stereocenters. The van der Waals surface area contributed by atoms with Crippen molar-refractivity contribution in [3.05, 3.63) is 90.6 Å². The number of nitrogens with one attached hydrogen (secondary N) is 1. The van der Waals surface area contributed by atoms with Gasteiger partial charge in [-0.15, -0.1) is 0 Å². The Labute approximate surface area is 353 Å². The molecule has 3 aromatic carbocycles. The van der Waals surface area contributed by atoms with Crippen molar-refractivity contribution in [1.82, 2.24) is 4.98 Å². The Kier molecular flexibility index (Phi) is 18.4. The molecule has 2 heterocycles. The number of quaternary nitrogens is 1. The third kappa shape index (κ3) is 15.5. The maximum Gasteiger partial charge on any atom is 0.303 e. The van der Waals surface area contributed by atoms with Crippen LogP contribution < -0.4 is 19.5 Å². The van der Waals surface area contributed by atoms with Crippen LogP contribution in [-0.4, -0.2) is 73.7 Å². The first-order valence-corrected chi connectivity index (χ1v) is 22.2. The first kappa shape index (κ1) is 45.5. The Bertz CT molecular complexity index is 1860. The Balaban J connectivity index is 1.03. The molecule has 5 rings (SSSR count). The summed E-state index contributed by atoms with van der Waals surface area (Å²) in [4.78, 5) is 15.2. The van der Waals surface area contributed by atoms with Gasteiger partial charge < -0.3 is 33.9 Å². The fourth-order valence-electron chi connectivity index (χ4n) is 7.80. The summed E-state index contributed by atoms with van der Waals surface area (Å²) in [5.41, 5.74) is 4.26. The maximum atomic E-state index is 10.6. The normalized spacial score (nSPS) is 14.1. The lowest BCUT2D eigenvalue weighted by Crippen LogP contribution is -2.57. The molecule has 0 spiro atoms. The van der Waals surface area contributed by atoms with Crippen LogP contribution in [0.25, 0.3) is 10.9 Å². The van der Waals surface area contributed by atoms with Gasteiger partial charge in [-0.2, -0.15) is 0 Å². The highest BCUT2D eigenvalue weighted by molar-refractivity contribution is 5.88. The summed E-state index contributed by atoms with van der Waals surface area (Å²) < 4.78 is 25.5. The van der Waals surface area contributed by atoms with E-state index >= 15 is 0 Å². The van der Waals surface area contributed by atoms with Crippen molar-refractivity contribution in [2.45, 2.75) is 116 Å². The molecule has 1 fully saturated rings. The molecule has 1 aliphatic heterocycles. The van der Waals surface area contributed by atoms with Gasteiger partial charge in [-0.3, -0.25) is 9.78 Å². The van der Waals surface area contributed by atoms with Crippen molar-refractivity contribution in [1.29, 1.82) is 0 Å². The average molecular weight is 809 g/mol. The number of carboxylic acid groups (broad SMARTS) is 1. The molecule has 0 unspecified atom stereocenters. The predicted molar refractivity (Wildman–Crippen MR) is 241 cm³/mol. The first-order valence-electron chi connectivity index (χ1n) is 22.2. The minimum atomic E-state index is -0.681. The Morgan fingerprint density at radius 1 is 0.763 bits per heavy atom. The van der Waals surface area contributed by atoms with E-state index in [1.807, 2.05) is 42.5 Å². The summed E-state index contributed by atoms with van der Waals surface area (Å²) in [6, 6.07) is 22.4. The Morgan fingerprint density at radius 2 is 1.37 bits per heavy atom. The molecule has 2 N–H and O–H groups in total. The van der Waals surface area contributed by atoms with E-state index in [9.17, 15) is 4.79 Å². The molecule has 320 valence electrons. The SMILES string of the molecule is COc1cc2c(Oc3ccc(Nc4ccc(C(C)(C)C)cc4)cc3)ccnc2cc1OCC[N+]1(CCCCCCCCC=CCCCCCCCC(=O)O)CCOCC1. The lowest BCUT2D eigenvalue weighted by molar-refractivity contribution is -0.935. The molecule has 1 aromatic heterocycles. The molecule has 1 saturated heterocycles. The van der Waals surface area contributed by atoms with Crippen LogP contribution in [0.4, 0.5) is 11.4 Å². The molecule has 0 amide bonds. The van der Waals surface area contributed by atoms with Gasteiger partial charge in [0.05, 0.1) is 32.4 Å². The van der Waals surface area contributed by atoms with E-state index in [1.54, 1.807) is 13.3 Å². The van der Waals surface area contributed by atoms with Crippen molar-refractivity contribution in [3.8, 4) is 23.0 Å². The molecule has 9 heteroatoms. The summed E-state index contributed by atoms with van der Waals surface area (Å²) in [6.45, 7) is 13.0. The van der Waals surface area contributed by atoms with Gasteiger partial charge >= 0.3 is 5.97 Å². The van der Waals surface area contributed by atoms with Crippen LogP contribution in [0.5, 0.6) is 23.0 Å². The van der Waals surface area contributed by atoms with Crippen LogP contribution >= 0.6 is 0 Å². The largest absolute Gasteiger partial charge is 0.493 e. The first-order chi connectivity index (χ1) is 28.6. The smallest absolute Gasteiger partial charge is 0.303 e. The average Bonchev–Trinajstić information content (AvgIpc) is 3.22. The Hall–Kier alpha value is -4.60. The number of pyridine rings is 1. The van der Waals surface area contributed by atoms with Gasteiger partial charge in [0.25, 0.3) is 0 Å². The van der Waals surface area contributed by atoms with Crippen LogP contribution in [0.15, 0.2) is 85.1 Å². The second kappa shape index (κ2) is 23.9. The van der Waals surface area contributed by atoms with Gasteiger partial charge in [-0.1, -0.05) is 83.6 Å². The monoisotopic (exact) mass is 809 g/mol. The van der Waals surface area contributed by atoms with Crippen molar-refractivity contribution >= 4 is 28.2 Å². The van der Waals surface area contributed by atoms with Crippen molar-refractivity contribution in [3.63, 3.8) is 0 Å². The van der Waals surface area contributed by atoms with Gasteiger partial charge in [0.15, 0.2) is 11.5 Å². The second-order valence-corrected chi connectivity index (χ2v) is 17.2. The number of methoxy groups -OCH3 is 1. The molecule has 4 aromatic rings. The number of morpholine rings is 1. The van der Waals surface area contributed by atoms with Crippen molar-refractivity contribution in [2.24, 2.45) is 0 Å². The number of aromatic nitrogens is 1. The number of ether oxygens (including phenoxy) is 4. The lowest BCUT2D eigenvalue weighted by atomic mass is 9.87. The van der Waals surface area contributed by atoms with Crippen LogP contribution in [-0.2, 0) is 14.9 Å². The summed E-state index contributed by atoms with van der Waals surface area (Å²) in [5.74, 6) is 2.12. The van der Waals surface area contributed by atoms with Gasteiger partial charge in [0.2, 0.25) is 0 Å². The van der Waals surface area contributed by atoms with E-state index in [0.29, 0.717) is 30.3 Å². The summed E-state index contributed by atoms with van der Waals surface area (Å²) in [6.07, 6.45) is 22.1. The number of nitrogens with zero attached hydrogens (tertiary/aromatic N) is 2. The number of hydrogen-bond donors (Lipinski definition) is 2. The van der Waals surface area contributed by atoms with E-state index in [4.69, 9.17) is 24.1 Å². The van der Waals surface area contributed by atoms with Gasteiger partial charge in [0.1, 0.15) is 37.7 Å². The fraction of sp³-hybridized carbons (Fsp3) is 0.520. The van der Waals surface area contributed by atoms with E-state index in [-0.39, 0.29) is 5.41 Å². The van der Waals surface area contributed by atoms with Gasteiger partial charge in [-0.25, -0.2) is 0 Å². The number of hydrogen-bond acceptors (Lipinski definition) is 7. The van der Waals surface area contributed by atoms with Crippen molar-refractivity contribution in [2.75, 3.05) is 58.4 Å². The molecule has 0 saturated carbocycles. The number of aliphatic carboxylic acids is 1. The molecule has 9 nitrogen and oxygen atoms in total. The quantitative estimate of drug-likeness (QED) is 0.0368. The third-order valence-corrected chi connectivity index (χ3v) is 11.5. The number of carboxylic acids is 1. The number of unbranched alkanes of at least 4 members (excludes halogenated alkanes) is 11. The number of carbonyl (C=O) groups is 1. The van der Waals surface area contributed by atoms with E-state index in [1.165, 1.54) is 63.4 Å². The zero-order valence-electron chi connectivity index (χ0n) is 36.3. The highest BCUT2D eigenvalue weighted by Gasteiger charge is 2.30. The van der Waals surface area contributed by atoms with Crippen LogP contribution in [0.2, 0.25) is 0 Å². The fourth-order valence-corrected chi connectivity index (χ4v) is 7.80. The zero-order valence-corrected chi connectivity index (χ0v) is 36.3. The molecule has 0 bridgehead atoms. The molecule has 1 aliphatic rings. The topological polar surface area (TPSA) is 99.1 Å². The standard InChI is InChI=1S/C50H69N3O6/c1-50(2,3)40-21-23-41(24-22-40)52-42-25-27-43(28-26-42)59-46-29-30-51-45-39-48(47(56-4)38-44(45)46)58-37-34-53(32-35-57-36-33-53)31-19-17-15-13-11-9-7-5-6-8-10-12-14-16-18-20-49(54)55/h5-6,21-30,38-39,52H,7-20,31-37H2,1-4H3/p+1. The molecule has 59 heavy (non-hydrogen) atoms. The lowest BCUT2D eigenvalue weighted by Gasteiger charge is -2.41. The minimum absolute atomic E-state index is 0.123. The third-order valence-electron chi connectivity index (χ3n) is 11.5. The molecular weight excluding hydrogens is 739 g/mol.